The van der Waals surface area contributed by atoms with Crippen LogP contribution in [0.4, 0.5) is 11.4 Å². The summed E-state index contributed by atoms with van der Waals surface area (Å²) < 4.78 is 0. The fourth-order valence-corrected chi connectivity index (χ4v) is 1.55. The summed E-state index contributed by atoms with van der Waals surface area (Å²) in [7, 11) is 0. The van der Waals surface area contributed by atoms with Gasteiger partial charge >= 0.3 is 0 Å². The lowest BCUT2D eigenvalue weighted by Gasteiger charge is -2.06. The van der Waals surface area contributed by atoms with Gasteiger partial charge in [0.2, 0.25) is 0 Å². The second-order valence-electron chi connectivity index (χ2n) is 3.49. The monoisotopic (exact) mass is 196 g/mol. The van der Waals surface area contributed by atoms with Crippen molar-refractivity contribution in [3.05, 3.63) is 59.7 Å². The van der Waals surface area contributed by atoms with Gasteiger partial charge in [0.1, 0.15) is 0 Å². The first-order valence-electron chi connectivity index (χ1n) is 4.86. The highest BCUT2D eigenvalue weighted by atomic mass is 14.6. The van der Waals surface area contributed by atoms with Gasteiger partial charge < -0.3 is 11.5 Å². The molecule has 2 radical (unpaired) electrons. The molecule has 0 unspecified atom stereocenters. The van der Waals surface area contributed by atoms with Crippen LogP contribution in [0.2, 0.25) is 0 Å². The number of hydrogen-bond donors (Lipinski definition) is 0. The highest BCUT2D eigenvalue weighted by Gasteiger charge is 2.02. The maximum atomic E-state index is 7.73. The van der Waals surface area contributed by atoms with Crippen molar-refractivity contribution in [2.24, 2.45) is 0 Å². The highest BCUT2D eigenvalue weighted by molar-refractivity contribution is 5.51. The summed E-state index contributed by atoms with van der Waals surface area (Å²) >= 11 is 0. The van der Waals surface area contributed by atoms with Crippen LogP contribution in [0.25, 0.3) is 0 Å². The van der Waals surface area contributed by atoms with E-state index in [2.05, 4.69) is 0 Å². The molecule has 0 aliphatic carbocycles. The molecule has 0 fully saturated rings. The van der Waals surface area contributed by atoms with Crippen molar-refractivity contribution in [2.75, 3.05) is 0 Å². The van der Waals surface area contributed by atoms with E-state index < -0.39 is 0 Å². The van der Waals surface area contributed by atoms with Crippen LogP contribution in [0.3, 0.4) is 0 Å². The van der Waals surface area contributed by atoms with Gasteiger partial charge in [0.15, 0.2) is 0 Å². The van der Waals surface area contributed by atoms with E-state index >= 15 is 0 Å². The van der Waals surface area contributed by atoms with E-state index in [1.807, 2.05) is 36.4 Å². The quantitative estimate of drug-likeness (QED) is 0.708. The molecule has 0 amide bonds. The molecule has 2 N–H and O–H groups in total. The van der Waals surface area contributed by atoms with Crippen molar-refractivity contribution in [3.8, 4) is 0 Å². The van der Waals surface area contributed by atoms with Gasteiger partial charge in [-0.15, -0.1) is 0 Å². The van der Waals surface area contributed by atoms with Crippen molar-refractivity contribution in [1.29, 1.82) is 0 Å². The van der Waals surface area contributed by atoms with Crippen molar-refractivity contribution in [3.63, 3.8) is 0 Å². The summed E-state index contributed by atoms with van der Waals surface area (Å²) in [4.78, 5) is 0. The Kier molecular flexibility index (Phi) is 2.59. The van der Waals surface area contributed by atoms with E-state index in [0.29, 0.717) is 17.8 Å². The van der Waals surface area contributed by atoms with Crippen LogP contribution in [-0.4, -0.2) is 0 Å². The van der Waals surface area contributed by atoms with Crippen molar-refractivity contribution >= 4 is 11.4 Å². The minimum Gasteiger partial charge on any atom is -0.301 e. The maximum absolute atomic E-state index is 7.73. The Labute approximate surface area is 89.5 Å². The minimum absolute atomic E-state index is 0.542. The lowest BCUT2D eigenvalue weighted by molar-refractivity contribution is 1.16. The first-order valence-corrected chi connectivity index (χ1v) is 4.86. The lowest BCUT2D eigenvalue weighted by Crippen LogP contribution is -1.91. The van der Waals surface area contributed by atoms with Crippen molar-refractivity contribution < 1.29 is 0 Å². The Balaban J connectivity index is 2.30. The Morgan fingerprint density at radius 3 is 1.47 bits per heavy atom. The van der Waals surface area contributed by atoms with E-state index in [-0.39, 0.29) is 0 Å². The van der Waals surface area contributed by atoms with Crippen LogP contribution in [0.5, 0.6) is 0 Å². The zero-order valence-corrected chi connectivity index (χ0v) is 8.33. The van der Waals surface area contributed by atoms with Crippen LogP contribution in [0.1, 0.15) is 11.1 Å². The third-order valence-corrected chi connectivity index (χ3v) is 2.42. The second-order valence-corrected chi connectivity index (χ2v) is 3.49. The van der Waals surface area contributed by atoms with Crippen LogP contribution < -0.4 is 11.5 Å². The molecular weight excluding hydrogens is 184 g/mol. The fraction of sp³-hybridized carbons (Fsp3) is 0.0769. The van der Waals surface area contributed by atoms with E-state index in [9.17, 15) is 0 Å². The van der Waals surface area contributed by atoms with Crippen LogP contribution in [-0.2, 0) is 6.42 Å². The molecule has 0 atom stereocenters. The molecule has 0 saturated heterocycles. The normalized spacial score (nSPS) is 10.1. The minimum atomic E-state index is 0.542. The Morgan fingerprint density at radius 2 is 1.07 bits per heavy atom. The topological polar surface area (TPSA) is 47.6 Å². The molecule has 0 aromatic heterocycles. The summed E-state index contributed by atoms with van der Waals surface area (Å²) in [6, 6.07) is 15.0. The fourth-order valence-electron chi connectivity index (χ4n) is 1.55. The van der Waals surface area contributed by atoms with E-state index in [1.54, 1.807) is 12.1 Å². The molecule has 0 saturated carbocycles. The molecule has 2 aromatic rings. The number of hydrogen-bond acceptors (Lipinski definition) is 0. The summed E-state index contributed by atoms with van der Waals surface area (Å²) in [5.74, 6) is 0. The van der Waals surface area contributed by atoms with Crippen LogP contribution >= 0.6 is 0 Å². The van der Waals surface area contributed by atoms with E-state index in [0.717, 1.165) is 11.1 Å². The van der Waals surface area contributed by atoms with Gasteiger partial charge in [0.25, 0.3) is 0 Å². The zero-order valence-electron chi connectivity index (χ0n) is 8.33. The Hall–Kier alpha value is -1.96. The molecule has 0 bridgehead atoms. The molecule has 2 heteroatoms. The first kappa shape index (κ1) is 9.59. The Morgan fingerprint density at radius 1 is 0.667 bits per heavy atom. The van der Waals surface area contributed by atoms with Gasteiger partial charge in [-0.1, -0.05) is 36.4 Å². The van der Waals surface area contributed by atoms with Gasteiger partial charge in [0.05, 0.1) is 11.4 Å². The van der Waals surface area contributed by atoms with Crippen molar-refractivity contribution in [1.82, 2.24) is 11.5 Å². The predicted molar refractivity (Wildman–Crippen MR) is 61.2 cm³/mol. The molecule has 0 aliphatic heterocycles. The molecule has 2 rings (SSSR count). The maximum Gasteiger partial charge on any atom is 0.0575 e. The molecular formula is C13H12N2. The third-order valence-electron chi connectivity index (χ3n) is 2.42. The number of rotatable bonds is 2. The van der Waals surface area contributed by atoms with E-state index in [4.69, 9.17) is 11.5 Å². The average Bonchev–Trinajstić information content (AvgIpc) is 2.24. The first-order chi connectivity index (χ1) is 7.27. The van der Waals surface area contributed by atoms with Gasteiger partial charge in [0, 0.05) is 6.42 Å². The average molecular weight is 196 g/mol. The summed E-state index contributed by atoms with van der Waals surface area (Å²) in [6.07, 6.45) is 0.666. The second kappa shape index (κ2) is 4.05. The van der Waals surface area contributed by atoms with Gasteiger partial charge in [-0.25, -0.2) is 0 Å². The number of nitrogens with one attached hydrogen (secondary N) is 2. The number of benzene rings is 2. The van der Waals surface area contributed by atoms with Crippen LogP contribution in [0.15, 0.2) is 48.5 Å². The van der Waals surface area contributed by atoms with E-state index in [1.165, 1.54) is 0 Å². The van der Waals surface area contributed by atoms with Gasteiger partial charge in [-0.05, 0) is 23.3 Å². The standard InChI is InChI=1S/C13H12N2/c14-12-7-3-1-5-10(12)9-11-6-2-4-8-13(11)15/h1-8,14-15H,9H2. The summed E-state index contributed by atoms with van der Waals surface area (Å²) in [5, 5.41) is 0. The Bertz CT molecular complexity index is 420. The molecule has 15 heavy (non-hydrogen) atoms. The van der Waals surface area contributed by atoms with Gasteiger partial charge in [-0.2, -0.15) is 0 Å². The van der Waals surface area contributed by atoms with Gasteiger partial charge in [-0.3, -0.25) is 0 Å². The molecule has 2 nitrogen and oxygen atoms in total. The SMILES string of the molecule is [NH]c1ccccc1Cc1ccccc1[NH]. The highest BCUT2D eigenvalue weighted by Crippen LogP contribution is 2.21. The summed E-state index contributed by atoms with van der Waals surface area (Å²) in [6.45, 7) is 0. The molecule has 0 aliphatic rings. The predicted octanol–water partition coefficient (Wildman–Crippen LogP) is 3.11. The molecule has 2 aromatic carbocycles. The van der Waals surface area contributed by atoms with Crippen molar-refractivity contribution in [2.45, 2.75) is 6.42 Å². The molecule has 0 heterocycles. The largest absolute Gasteiger partial charge is 0.301 e. The molecule has 0 spiro atoms. The smallest absolute Gasteiger partial charge is 0.0575 e. The molecule has 74 valence electrons. The summed E-state index contributed by atoms with van der Waals surface area (Å²) in [5.41, 5.74) is 18.5. The third kappa shape index (κ3) is 2.10. The zero-order chi connectivity index (χ0) is 10.7. The van der Waals surface area contributed by atoms with Crippen LogP contribution in [0, 0.1) is 0 Å². The lowest BCUT2D eigenvalue weighted by atomic mass is 10.0.